The molecule has 2 rings (SSSR count). The monoisotopic (exact) mass is 310 g/mol. The van der Waals surface area contributed by atoms with Crippen molar-refractivity contribution in [3.8, 4) is 5.69 Å². The van der Waals surface area contributed by atoms with E-state index >= 15 is 0 Å². The molecule has 1 atom stereocenters. The Morgan fingerprint density at radius 3 is 2.72 bits per heavy atom. The van der Waals surface area contributed by atoms with E-state index in [0.717, 1.165) is 11.5 Å². The molecule has 0 radical (unpaired) electrons. The Morgan fingerprint density at radius 2 is 2.22 bits per heavy atom. The molecule has 0 fully saturated rings. The molecule has 0 aliphatic heterocycles. The lowest BCUT2D eigenvalue weighted by molar-refractivity contribution is -0.146. The average Bonchev–Trinajstić information content (AvgIpc) is 2.74. The molecule has 0 aliphatic rings. The van der Waals surface area contributed by atoms with Gasteiger partial charge in [0.1, 0.15) is 5.82 Å². The molecule has 6 heteroatoms. The summed E-state index contributed by atoms with van der Waals surface area (Å²) in [4.78, 5) is 14.8. The quantitative estimate of drug-likeness (QED) is 0.910. The van der Waals surface area contributed by atoms with Gasteiger partial charge in [-0.2, -0.15) is 0 Å². The Bertz CT molecular complexity index is 595. The first-order chi connectivity index (χ1) is 8.50. The predicted molar refractivity (Wildman–Crippen MR) is 68.6 cm³/mol. The van der Waals surface area contributed by atoms with E-state index in [4.69, 9.17) is 5.11 Å². The molecule has 1 unspecified atom stereocenters. The number of carboxylic acid groups (broad SMARTS) is 1. The Kier molecular flexibility index (Phi) is 3.49. The summed E-state index contributed by atoms with van der Waals surface area (Å²) in [7, 11) is 0. The molecule has 0 amide bonds. The minimum absolute atomic E-state index is 0.330. The number of aromatic nitrogens is 2. The van der Waals surface area contributed by atoms with Crippen molar-refractivity contribution in [3.63, 3.8) is 0 Å². The van der Waals surface area contributed by atoms with Gasteiger partial charge in [0, 0.05) is 16.9 Å². The van der Waals surface area contributed by atoms with Crippen LogP contribution < -0.4 is 0 Å². The lowest BCUT2D eigenvalue weighted by atomic mass is 10.1. The number of aliphatic hydroxyl groups is 1. The van der Waals surface area contributed by atoms with Crippen molar-refractivity contribution in [2.75, 3.05) is 0 Å². The highest BCUT2D eigenvalue weighted by Gasteiger charge is 2.17. The summed E-state index contributed by atoms with van der Waals surface area (Å²) in [6, 6.07) is 4.91. The van der Waals surface area contributed by atoms with Crippen LogP contribution in [0.15, 0.2) is 35.1 Å². The fourth-order valence-electron chi connectivity index (χ4n) is 1.66. The fraction of sp³-hybridized carbons (Fsp3) is 0.167. The highest BCUT2D eigenvalue weighted by Crippen LogP contribution is 2.26. The van der Waals surface area contributed by atoms with Crippen molar-refractivity contribution in [2.24, 2.45) is 0 Å². The van der Waals surface area contributed by atoms with Crippen LogP contribution in [-0.2, 0) is 4.79 Å². The molecular formula is C12H11BrN2O3. The molecule has 5 nitrogen and oxygen atoms in total. The van der Waals surface area contributed by atoms with Crippen LogP contribution in [0, 0.1) is 6.92 Å². The smallest absolute Gasteiger partial charge is 0.337 e. The maximum atomic E-state index is 10.7. The number of imidazole rings is 1. The molecule has 2 N–H and O–H groups in total. The first-order valence-electron chi connectivity index (χ1n) is 5.21. The Hall–Kier alpha value is -1.66. The number of rotatable bonds is 3. The molecule has 94 valence electrons. The largest absolute Gasteiger partial charge is 0.479 e. The third-order valence-electron chi connectivity index (χ3n) is 2.61. The zero-order valence-corrected chi connectivity index (χ0v) is 11.1. The number of aryl methyl sites for hydroxylation is 1. The number of aliphatic hydroxyl groups excluding tert-OH is 1. The number of hydrogen-bond donors (Lipinski definition) is 2. The molecule has 0 bridgehead atoms. The molecule has 1 aromatic carbocycles. The number of benzene rings is 1. The van der Waals surface area contributed by atoms with Crippen molar-refractivity contribution in [1.29, 1.82) is 0 Å². The molecule has 1 aromatic heterocycles. The van der Waals surface area contributed by atoms with Crippen LogP contribution >= 0.6 is 15.9 Å². The topological polar surface area (TPSA) is 75.3 Å². The van der Waals surface area contributed by atoms with Gasteiger partial charge in [-0.15, -0.1) is 0 Å². The van der Waals surface area contributed by atoms with Crippen LogP contribution in [0.25, 0.3) is 5.69 Å². The van der Waals surface area contributed by atoms with Crippen LogP contribution in [-0.4, -0.2) is 25.7 Å². The van der Waals surface area contributed by atoms with Gasteiger partial charge < -0.3 is 14.8 Å². The van der Waals surface area contributed by atoms with E-state index in [9.17, 15) is 9.90 Å². The summed E-state index contributed by atoms with van der Waals surface area (Å²) in [5.41, 5.74) is 1.17. The summed E-state index contributed by atoms with van der Waals surface area (Å²) >= 11 is 3.37. The normalized spacial score (nSPS) is 12.4. The molecule has 0 aliphatic carbocycles. The van der Waals surface area contributed by atoms with Crippen molar-refractivity contribution in [3.05, 3.63) is 46.5 Å². The maximum absolute atomic E-state index is 10.7. The molecule has 18 heavy (non-hydrogen) atoms. The molecule has 0 saturated carbocycles. The van der Waals surface area contributed by atoms with E-state index in [0.29, 0.717) is 10.0 Å². The molecule has 1 heterocycles. The molecule has 0 spiro atoms. The van der Waals surface area contributed by atoms with Gasteiger partial charge in [-0.1, -0.05) is 6.07 Å². The van der Waals surface area contributed by atoms with E-state index in [1.54, 1.807) is 24.4 Å². The Labute approximate surface area is 112 Å². The summed E-state index contributed by atoms with van der Waals surface area (Å²) in [5, 5.41) is 18.2. The molecular weight excluding hydrogens is 300 g/mol. The summed E-state index contributed by atoms with van der Waals surface area (Å²) in [5.74, 6) is -0.448. The summed E-state index contributed by atoms with van der Waals surface area (Å²) < 4.78 is 2.56. The third-order valence-corrected chi connectivity index (χ3v) is 3.24. The number of halogens is 1. The van der Waals surface area contributed by atoms with E-state index in [-0.39, 0.29) is 0 Å². The number of hydrogen-bond acceptors (Lipinski definition) is 3. The predicted octanol–water partition coefficient (Wildman–Crippen LogP) is 2.06. The van der Waals surface area contributed by atoms with Gasteiger partial charge in [0.2, 0.25) is 0 Å². The molecule has 0 saturated heterocycles. The van der Waals surface area contributed by atoms with Crippen molar-refractivity contribution < 1.29 is 15.0 Å². The summed E-state index contributed by atoms with van der Waals surface area (Å²) in [6.45, 7) is 1.87. The highest BCUT2D eigenvalue weighted by molar-refractivity contribution is 9.10. The van der Waals surface area contributed by atoms with E-state index in [2.05, 4.69) is 20.9 Å². The third kappa shape index (κ3) is 2.30. The minimum atomic E-state index is -1.51. The zero-order chi connectivity index (χ0) is 13.3. The lowest BCUT2D eigenvalue weighted by Gasteiger charge is -2.11. The second-order valence-electron chi connectivity index (χ2n) is 3.80. The SMILES string of the molecule is Cc1nccn1-c1ccc(C(O)C(=O)O)cc1Br. The van der Waals surface area contributed by atoms with Gasteiger partial charge in [0.05, 0.1) is 5.69 Å². The van der Waals surface area contributed by atoms with Gasteiger partial charge in [-0.3, -0.25) is 0 Å². The van der Waals surface area contributed by atoms with Gasteiger partial charge >= 0.3 is 5.97 Å². The van der Waals surface area contributed by atoms with Crippen molar-refractivity contribution in [1.82, 2.24) is 9.55 Å². The van der Waals surface area contributed by atoms with Crippen LogP contribution in [0.4, 0.5) is 0 Å². The van der Waals surface area contributed by atoms with Gasteiger partial charge in [-0.05, 0) is 40.5 Å². The maximum Gasteiger partial charge on any atom is 0.337 e. The average molecular weight is 311 g/mol. The Morgan fingerprint density at radius 1 is 1.50 bits per heavy atom. The number of aliphatic carboxylic acids is 1. The number of carboxylic acids is 1. The second kappa shape index (κ2) is 4.91. The zero-order valence-electron chi connectivity index (χ0n) is 9.54. The first kappa shape index (κ1) is 12.8. The highest BCUT2D eigenvalue weighted by atomic mass is 79.9. The van der Waals surface area contributed by atoms with Crippen molar-refractivity contribution >= 4 is 21.9 Å². The number of carbonyl (C=O) groups is 1. The van der Waals surface area contributed by atoms with Crippen LogP contribution in [0.2, 0.25) is 0 Å². The first-order valence-corrected chi connectivity index (χ1v) is 6.00. The van der Waals surface area contributed by atoms with Crippen molar-refractivity contribution in [2.45, 2.75) is 13.0 Å². The number of nitrogens with zero attached hydrogens (tertiary/aromatic N) is 2. The van der Waals surface area contributed by atoms with Crippen LogP contribution in [0.5, 0.6) is 0 Å². The second-order valence-corrected chi connectivity index (χ2v) is 4.65. The summed E-state index contributed by atoms with van der Waals surface area (Å²) in [6.07, 6.45) is 1.98. The van der Waals surface area contributed by atoms with Gasteiger partial charge in [0.15, 0.2) is 6.10 Å². The lowest BCUT2D eigenvalue weighted by Crippen LogP contribution is -2.10. The Balaban J connectivity index is 2.43. The molecule has 2 aromatic rings. The minimum Gasteiger partial charge on any atom is -0.479 e. The van der Waals surface area contributed by atoms with Crippen LogP contribution in [0.1, 0.15) is 17.5 Å². The van der Waals surface area contributed by atoms with E-state index in [1.807, 2.05) is 17.7 Å². The van der Waals surface area contributed by atoms with Crippen LogP contribution in [0.3, 0.4) is 0 Å². The fourth-order valence-corrected chi connectivity index (χ4v) is 2.25. The van der Waals surface area contributed by atoms with Gasteiger partial charge in [0.25, 0.3) is 0 Å². The van der Waals surface area contributed by atoms with E-state index < -0.39 is 12.1 Å². The van der Waals surface area contributed by atoms with Gasteiger partial charge in [-0.25, -0.2) is 9.78 Å². The van der Waals surface area contributed by atoms with E-state index in [1.165, 1.54) is 0 Å². The standard InChI is InChI=1S/C12H11BrN2O3/c1-7-14-4-5-15(7)10-3-2-8(6-9(10)13)11(16)12(17)18/h2-6,11,16H,1H3,(H,17,18).